The summed E-state index contributed by atoms with van der Waals surface area (Å²) < 4.78 is 2.13. The molecule has 0 saturated carbocycles. The van der Waals surface area contributed by atoms with Crippen molar-refractivity contribution in [2.75, 3.05) is 13.1 Å². The number of carbonyl (C=O) groups is 1. The minimum Gasteiger partial charge on any atom is -0.377 e. The molecule has 0 unspecified atom stereocenters. The minimum atomic E-state index is 0.0975. The molecule has 0 amide bonds. The van der Waals surface area contributed by atoms with Gasteiger partial charge in [-0.05, 0) is 25.8 Å². The molecular weight excluding hydrogens is 248 g/mol. The van der Waals surface area contributed by atoms with Gasteiger partial charge in [0.15, 0.2) is 5.78 Å². The van der Waals surface area contributed by atoms with Gasteiger partial charge in [-0.2, -0.15) is 0 Å². The fraction of sp³-hybridized carbons (Fsp3) is 0.353. The molecule has 2 aromatic rings. The van der Waals surface area contributed by atoms with Crippen LogP contribution >= 0.6 is 0 Å². The van der Waals surface area contributed by atoms with Crippen LogP contribution in [0, 0.1) is 0 Å². The number of likely N-dealkylation sites (tertiary alicyclic amines) is 1. The Labute approximate surface area is 119 Å². The monoisotopic (exact) mass is 268 g/mol. The molecule has 1 aromatic heterocycles. The van der Waals surface area contributed by atoms with Gasteiger partial charge < -0.3 is 9.47 Å². The second kappa shape index (κ2) is 5.53. The first-order chi connectivity index (χ1) is 9.79. The number of benzene rings is 1. The van der Waals surface area contributed by atoms with Crippen LogP contribution in [0.1, 0.15) is 30.1 Å². The number of aryl methyl sites for hydroxylation is 1. The van der Waals surface area contributed by atoms with E-state index in [1.54, 1.807) is 6.08 Å². The number of ketones is 1. The Morgan fingerprint density at radius 3 is 2.75 bits per heavy atom. The van der Waals surface area contributed by atoms with E-state index in [2.05, 4.69) is 22.5 Å². The number of carbonyl (C=O) groups excluding carboxylic acids is 1. The molecule has 20 heavy (non-hydrogen) atoms. The highest BCUT2D eigenvalue weighted by Gasteiger charge is 2.13. The highest BCUT2D eigenvalue weighted by molar-refractivity contribution is 6.13. The van der Waals surface area contributed by atoms with E-state index >= 15 is 0 Å². The molecule has 1 fully saturated rings. The number of nitrogens with zero attached hydrogens (tertiary/aromatic N) is 2. The van der Waals surface area contributed by atoms with E-state index in [4.69, 9.17) is 0 Å². The Kier molecular flexibility index (Phi) is 3.59. The molecule has 3 nitrogen and oxygen atoms in total. The summed E-state index contributed by atoms with van der Waals surface area (Å²) in [5.41, 5.74) is 1.94. The van der Waals surface area contributed by atoms with Gasteiger partial charge in [-0.25, -0.2) is 0 Å². The van der Waals surface area contributed by atoms with Gasteiger partial charge in [-0.15, -0.1) is 0 Å². The molecule has 0 radical (unpaired) electrons. The van der Waals surface area contributed by atoms with E-state index in [0.717, 1.165) is 36.1 Å². The maximum atomic E-state index is 12.4. The van der Waals surface area contributed by atoms with Crippen molar-refractivity contribution in [2.45, 2.75) is 26.3 Å². The average Bonchev–Trinajstić information content (AvgIpc) is 3.12. The zero-order valence-corrected chi connectivity index (χ0v) is 11.9. The van der Waals surface area contributed by atoms with Gasteiger partial charge in [0.2, 0.25) is 0 Å². The Balaban J connectivity index is 1.91. The largest absolute Gasteiger partial charge is 0.377 e. The lowest BCUT2D eigenvalue weighted by atomic mass is 10.1. The van der Waals surface area contributed by atoms with Gasteiger partial charge in [0, 0.05) is 54.6 Å². The number of para-hydroxylation sites is 1. The van der Waals surface area contributed by atoms with Crippen LogP contribution in [0.15, 0.2) is 42.7 Å². The molecule has 1 saturated heterocycles. The minimum absolute atomic E-state index is 0.0975. The summed E-state index contributed by atoms with van der Waals surface area (Å²) in [6, 6.07) is 8.10. The van der Waals surface area contributed by atoms with Crippen molar-refractivity contribution in [1.29, 1.82) is 0 Å². The lowest BCUT2D eigenvalue weighted by Gasteiger charge is -2.09. The predicted molar refractivity (Wildman–Crippen MR) is 81.9 cm³/mol. The van der Waals surface area contributed by atoms with Gasteiger partial charge in [-0.1, -0.05) is 18.2 Å². The molecule has 0 atom stereocenters. The third kappa shape index (κ3) is 2.36. The molecule has 0 bridgehead atoms. The molecule has 1 aliphatic heterocycles. The van der Waals surface area contributed by atoms with E-state index in [1.807, 2.05) is 30.6 Å². The van der Waals surface area contributed by atoms with E-state index in [1.165, 1.54) is 12.8 Å². The molecule has 0 spiro atoms. The standard InChI is InChI=1S/C17H20N2O/c1-2-19-13-15(14-7-3-4-8-16(14)19)17(20)9-12-18-10-5-6-11-18/h3-4,7-9,12-13H,2,5-6,10-11H2,1H3/b12-9+. The Bertz CT molecular complexity index is 648. The second-order valence-corrected chi connectivity index (χ2v) is 5.27. The van der Waals surface area contributed by atoms with Gasteiger partial charge in [0.1, 0.15) is 0 Å². The number of fused-ring (bicyclic) bond motifs is 1. The Hall–Kier alpha value is -2.03. The summed E-state index contributed by atoms with van der Waals surface area (Å²) in [5, 5.41) is 1.05. The zero-order chi connectivity index (χ0) is 13.9. The van der Waals surface area contributed by atoms with Crippen LogP contribution in [-0.2, 0) is 6.54 Å². The van der Waals surface area contributed by atoms with E-state index in [9.17, 15) is 4.79 Å². The molecule has 1 aromatic carbocycles. The first-order valence-electron chi connectivity index (χ1n) is 7.34. The van der Waals surface area contributed by atoms with Crippen molar-refractivity contribution in [3.8, 4) is 0 Å². The molecule has 0 aliphatic carbocycles. The molecule has 0 N–H and O–H groups in total. The van der Waals surface area contributed by atoms with Crippen molar-refractivity contribution in [3.05, 3.63) is 48.3 Å². The van der Waals surface area contributed by atoms with Gasteiger partial charge in [0.25, 0.3) is 0 Å². The third-order valence-electron chi connectivity index (χ3n) is 3.97. The second-order valence-electron chi connectivity index (χ2n) is 5.27. The maximum absolute atomic E-state index is 12.4. The van der Waals surface area contributed by atoms with Crippen LogP contribution in [0.3, 0.4) is 0 Å². The quantitative estimate of drug-likeness (QED) is 0.627. The number of aromatic nitrogens is 1. The molecular formula is C17H20N2O. The first kappa shape index (κ1) is 13.0. The van der Waals surface area contributed by atoms with Gasteiger partial charge in [0.05, 0.1) is 0 Å². The van der Waals surface area contributed by atoms with Crippen LogP contribution in [0.4, 0.5) is 0 Å². The Morgan fingerprint density at radius 1 is 1.25 bits per heavy atom. The summed E-state index contributed by atoms with van der Waals surface area (Å²) >= 11 is 0. The summed E-state index contributed by atoms with van der Waals surface area (Å²) in [5.74, 6) is 0.0975. The number of rotatable bonds is 4. The lowest BCUT2D eigenvalue weighted by molar-refractivity contribution is 0.104. The molecule has 2 heterocycles. The highest BCUT2D eigenvalue weighted by Crippen LogP contribution is 2.22. The molecule has 3 rings (SSSR count). The van der Waals surface area contributed by atoms with Crippen molar-refractivity contribution in [3.63, 3.8) is 0 Å². The average molecular weight is 268 g/mol. The highest BCUT2D eigenvalue weighted by atomic mass is 16.1. The molecule has 1 aliphatic rings. The van der Waals surface area contributed by atoms with Crippen LogP contribution in [0.5, 0.6) is 0 Å². The normalized spacial score (nSPS) is 15.6. The summed E-state index contributed by atoms with van der Waals surface area (Å²) in [6.07, 6.45) is 8.10. The number of allylic oxidation sites excluding steroid dienone is 1. The van der Waals surface area contributed by atoms with E-state index in [0.29, 0.717) is 0 Å². The van der Waals surface area contributed by atoms with Crippen molar-refractivity contribution < 1.29 is 4.79 Å². The number of hydrogen-bond donors (Lipinski definition) is 0. The molecule has 3 heteroatoms. The summed E-state index contributed by atoms with van der Waals surface area (Å²) in [4.78, 5) is 14.6. The van der Waals surface area contributed by atoms with Crippen molar-refractivity contribution in [2.24, 2.45) is 0 Å². The Morgan fingerprint density at radius 2 is 2.00 bits per heavy atom. The van der Waals surface area contributed by atoms with Crippen LogP contribution < -0.4 is 0 Å². The SMILES string of the molecule is CCn1cc(C(=O)/C=C/N2CCCC2)c2ccccc21. The predicted octanol–water partition coefficient (Wildman–Crippen LogP) is 3.45. The van der Waals surface area contributed by atoms with Crippen molar-refractivity contribution >= 4 is 16.7 Å². The third-order valence-corrected chi connectivity index (χ3v) is 3.97. The summed E-state index contributed by atoms with van der Waals surface area (Å²) in [6.45, 7) is 5.12. The topological polar surface area (TPSA) is 25.2 Å². The fourth-order valence-corrected chi connectivity index (χ4v) is 2.86. The first-order valence-corrected chi connectivity index (χ1v) is 7.34. The van der Waals surface area contributed by atoms with E-state index in [-0.39, 0.29) is 5.78 Å². The zero-order valence-electron chi connectivity index (χ0n) is 11.9. The fourth-order valence-electron chi connectivity index (χ4n) is 2.86. The summed E-state index contributed by atoms with van der Waals surface area (Å²) in [7, 11) is 0. The van der Waals surface area contributed by atoms with E-state index < -0.39 is 0 Å². The van der Waals surface area contributed by atoms with Crippen LogP contribution in [-0.4, -0.2) is 28.3 Å². The lowest BCUT2D eigenvalue weighted by Crippen LogP contribution is -2.11. The molecule has 104 valence electrons. The van der Waals surface area contributed by atoms with Crippen LogP contribution in [0.2, 0.25) is 0 Å². The van der Waals surface area contributed by atoms with Gasteiger partial charge in [-0.3, -0.25) is 4.79 Å². The number of hydrogen-bond acceptors (Lipinski definition) is 2. The smallest absolute Gasteiger partial charge is 0.189 e. The maximum Gasteiger partial charge on any atom is 0.189 e. The van der Waals surface area contributed by atoms with Crippen molar-refractivity contribution in [1.82, 2.24) is 9.47 Å². The van der Waals surface area contributed by atoms with Gasteiger partial charge >= 0.3 is 0 Å². The van der Waals surface area contributed by atoms with Crippen LogP contribution in [0.25, 0.3) is 10.9 Å².